The molecule has 4 amide bonds. The molecule has 11 heteroatoms. The number of imide groups is 1. The van der Waals surface area contributed by atoms with E-state index >= 15 is 0 Å². The van der Waals surface area contributed by atoms with Crippen LogP contribution >= 0.6 is 0 Å². The van der Waals surface area contributed by atoms with Crippen LogP contribution in [0, 0.1) is 18.7 Å². The summed E-state index contributed by atoms with van der Waals surface area (Å²) in [5, 5.41) is 7.08. The molecule has 3 atom stereocenters. The van der Waals surface area contributed by atoms with Crippen molar-refractivity contribution in [3.63, 3.8) is 0 Å². The SMILES string of the molecule is CCC(NC(=O)N1C(=O)[C@H](Cc2ccnc(N)c2)[C@H]1C(=O)N(C)c1ccn(C)n1)c1cc(F)ccc1C. The van der Waals surface area contributed by atoms with Gasteiger partial charge in [-0.25, -0.2) is 14.2 Å². The van der Waals surface area contributed by atoms with Crippen LogP contribution in [0.5, 0.6) is 0 Å². The number of aryl methyl sites for hydroxylation is 2. The molecule has 4 rings (SSSR count). The molecule has 1 fully saturated rings. The van der Waals surface area contributed by atoms with Gasteiger partial charge in [-0.15, -0.1) is 0 Å². The second kappa shape index (κ2) is 10.4. The summed E-state index contributed by atoms with van der Waals surface area (Å²) in [7, 11) is 3.28. The van der Waals surface area contributed by atoms with Gasteiger partial charge in [0.05, 0.1) is 12.0 Å². The highest BCUT2D eigenvalue weighted by Gasteiger charge is 2.55. The highest BCUT2D eigenvalue weighted by molar-refractivity contribution is 6.12. The molecular formula is C26H30FN7O3. The van der Waals surface area contributed by atoms with Crippen molar-refractivity contribution in [2.45, 2.75) is 38.8 Å². The number of nitrogens with zero attached hydrogens (tertiary/aromatic N) is 5. The summed E-state index contributed by atoms with van der Waals surface area (Å²) in [5.41, 5.74) is 7.93. The summed E-state index contributed by atoms with van der Waals surface area (Å²) in [5.74, 6) is -1.44. The zero-order valence-corrected chi connectivity index (χ0v) is 21.2. The van der Waals surface area contributed by atoms with Gasteiger partial charge in [-0.2, -0.15) is 5.10 Å². The van der Waals surface area contributed by atoms with E-state index in [0.717, 1.165) is 16.0 Å². The lowest BCUT2D eigenvalue weighted by Gasteiger charge is -2.45. The molecule has 1 unspecified atom stereocenters. The topological polar surface area (TPSA) is 126 Å². The Morgan fingerprint density at radius 1 is 1.24 bits per heavy atom. The monoisotopic (exact) mass is 507 g/mol. The van der Waals surface area contributed by atoms with Gasteiger partial charge in [0.1, 0.15) is 17.7 Å². The van der Waals surface area contributed by atoms with Crippen molar-refractivity contribution >= 4 is 29.5 Å². The van der Waals surface area contributed by atoms with Gasteiger partial charge < -0.3 is 11.1 Å². The Morgan fingerprint density at radius 2 is 2.00 bits per heavy atom. The summed E-state index contributed by atoms with van der Waals surface area (Å²) in [4.78, 5) is 46.5. The van der Waals surface area contributed by atoms with Crippen LogP contribution in [0.25, 0.3) is 0 Å². The van der Waals surface area contributed by atoms with E-state index in [1.807, 2.05) is 13.8 Å². The number of amides is 4. The summed E-state index contributed by atoms with van der Waals surface area (Å²) in [6.45, 7) is 3.67. The number of urea groups is 1. The number of nitrogens with one attached hydrogen (secondary N) is 1. The predicted molar refractivity (Wildman–Crippen MR) is 136 cm³/mol. The third-order valence-corrected chi connectivity index (χ3v) is 6.68. The van der Waals surface area contributed by atoms with E-state index in [1.165, 1.54) is 23.2 Å². The quantitative estimate of drug-likeness (QED) is 0.474. The van der Waals surface area contributed by atoms with Crippen molar-refractivity contribution < 1.29 is 18.8 Å². The number of nitrogens with two attached hydrogens (primary N) is 1. The smallest absolute Gasteiger partial charge is 0.325 e. The summed E-state index contributed by atoms with van der Waals surface area (Å²) in [6.07, 6.45) is 3.90. The standard InChI is InChI=1S/C26H30FN7O3/c1-5-20(18-14-17(27)7-6-15(18)2)30-26(37)34-23(25(36)33(4)22-9-11-32(3)31-22)19(24(34)35)12-16-8-10-29-21(28)13-16/h6-11,13-14,19-20,23H,5,12H2,1-4H3,(H2,28,29)(H,30,37)/t19-,20?,23+/m1/s1. The van der Waals surface area contributed by atoms with Crippen molar-refractivity contribution in [1.82, 2.24) is 25.0 Å². The molecule has 0 saturated carbocycles. The molecule has 0 radical (unpaired) electrons. The fraction of sp³-hybridized carbons (Fsp3) is 0.346. The van der Waals surface area contributed by atoms with E-state index in [4.69, 9.17) is 5.73 Å². The average Bonchev–Trinajstić information content (AvgIpc) is 3.31. The van der Waals surface area contributed by atoms with Crippen molar-refractivity contribution in [3.05, 3.63) is 71.3 Å². The largest absolute Gasteiger partial charge is 0.384 e. The summed E-state index contributed by atoms with van der Waals surface area (Å²) >= 11 is 0. The average molecular weight is 508 g/mol. The zero-order valence-electron chi connectivity index (χ0n) is 21.2. The first-order chi connectivity index (χ1) is 17.6. The number of carbonyl (C=O) groups excluding carboxylic acids is 3. The molecule has 2 aromatic heterocycles. The van der Waals surface area contributed by atoms with Crippen LogP contribution in [0.3, 0.4) is 0 Å². The molecule has 1 aliphatic rings. The van der Waals surface area contributed by atoms with E-state index in [1.54, 1.807) is 49.2 Å². The number of anilines is 2. The maximum Gasteiger partial charge on any atom is 0.325 e. The lowest BCUT2D eigenvalue weighted by molar-refractivity contribution is -0.156. The lowest BCUT2D eigenvalue weighted by atomic mass is 9.81. The number of benzene rings is 1. The molecule has 0 aliphatic carbocycles. The number of likely N-dealkylation sites (N-methyl/N-ethyl adjacent to an activating group) is 1. The van der Waals surface area contributed by atoms with Gasteiger partial charge in [0.15, 0.2) is 5.82 Å². The van der Waals surface area contributed by atoms with E-state index in [-0.39, 0.29) is 6.42 Å². The van der Waals surface area contributed by atoms with Crippen molar-refractivity contribution in [2.24, 2.45) is 13.0 Å². The number of rotatable bonds is 7. The number of likely N-dealkylation sites (tertiary alicyclic amines) is 1. The molecule has 0 spiro atoms. The normalized spacial score (nSPS) is 17.8. The lowest BCUT2D eigenvalue weighted by Crippen LogP contribution is -2.70. The Hall–Kier alpha value is -4.28. The number of carbonyl (C=O) groups is 3. The van der Waals surface area contributed by atoms with Crippen LogP contribution in [0.2, 0.25) is 0 Å². The van der Waals surface area contributed by atoms with E-state index in [0.29, 0.717) is 23.6 Å². The molecule has 0 bridgehead atoms. The van der Waals surface area contributed by atoms with E-state index in [2.05, 4.69) is 15.4 Å². The second-order valence-corrected chi connectivity index (χ2v) is 9.21. The predicted octanol–water partition coefficient (Wildman–Crippen LogP) is 2.74. The number of β-lactam (4-membered cyclic amide) rings is 1. The molecule has 3 N–H and O–H groups in total. The maximum absolute atomic E-state index is 13.9. The Bertz CT molecular complexity index is 1340. The molecule has 3 heterocycles. The summed E-state index contributed by atoms with van der Waals surface area (Å²) < 4.78 is 15.5. The first-order valence-electron chi connectivity index (χ1n) is 12.0. The first kappa shape index (κ1) is 25.8. The molecule has 1 aliphatic heterocycles. The third kappa shape index (κ3) is 5.16. The molecule has 3 aromatic rings. The van der Waals surface area contributed by atoms with Gasteiger partial charge in [-0.1, -0.05) is 13.0 Å². The third-order valence-electron chi connectivity index (χ3n) is 6.68. The van der Waals surface area contributed by atoms with Crippen LogP contribution in [-0.2, 0) is 23.1 Å². The number of aromatic nitrogens is 3. The minimum absolute atomic E-state index is 0.210. The number of halogens is 1. The minimum Gasteiger partial charge on any atom is -0.384 e. The van der Waals surface area contributed by atoms with Crippen LogP contribution in [0.4, 0.5) is 20.8 Å². The van der Waals surface area contributed by atoms with Gasteiger partial charge in [-0.05, 0) is 60.7 Å². The van der Waals surface area contributed by atoms with E-state index in [9.17, 15) is 18.8 Å². The maximum atomic E-state index is 13.9. The highest BCUT2D eigenvalue weighted by Crippen LogP contribution is 2.33. The minimum atomic E-state index is -1.06. The van der Waals surface area contributed by atoms with Crippen molar-refractivity contribution in [1.29, 1.82) is 0 Å². The highest BCUT2D eigenvalue weighted by atomic mass is 19.1. The van der Waals surface area contributed by atoms with Crippen LogP contribution < -0.4 is 16.0 Å². The number of pyridine rings is 1. The Kier molecular flexibility index (Phi) is 7.23. The molecule has 1 aromatic carbocycles. The zero-order chi connectivity index (χ0) is 26.9. The number of nitrogen functional groups attached to an aromatic ring is 1. The summed E-state index contributed by atoms with van der Waals surface area (Å²) in [6, 6.07) is 7.08. The van der Waals surface area contributed by atoms with Crippen molar-refractivity contribution in [3.8, 4) is 0 Å². The Labute approximate surface area is 214 Å². The Balaban J connectivity index is 1.61. The molecule has 1 saturated heterocycles. The van der Waals surface area contributed by atoms with Crippen molar-refractivity contribution in [2.75, 3.05) is 17.7 Å². The Morgan fingerprint density at radius 3 is 2.65 bits per heavy atom. The van der Waals surface area contributed by atoms with Gasteiger partial charge in [-0.3, -0.25) is 24.1 Å². The molecule has 37 heavy (non-hydrogen) atoms. The fourth-order valence-corrected chi connectivity index (χ4v) is 4.63. The molecule has 194 valence electrons. The first-order valence-corrected chi connectivity index (χ1v) is 12.0. The van der Waals surface area contributed by atoms with Gasteiger partial charge >= 0.3 is 6.03 Å². The number of hydrogen-bond acceptors (Lipinski definition) is 6. The van der Waals surface area contributed by atoms with Crippen LogP contribution in [0.1, 0.15) is 36.1 Å². The van der Waals surface area contributed by atoms with Crippen LogP contribution in [-0.4, -0.2) is 50.6 Å². The van der Waals surface area contributed by atoms with Gasteiger partial charge in [0.2, 0.25) is 5.91 Å². The second-order valence-electron chi connectivity index (χ2n) is 9.21. The number of hydrogen-bond donors (Lipinski definition) is 2. The fourth-order valence-electron chi connectivity index (χ4n) is 4.63. The van der Waals surface area contributed by atoms with E-state index < -0.39 is 41.7 Å². The van der Waals surface area contributed by atoms with Crippen LogP contribution in [0.15, 0.2) is 48.8 Å². The molecule has 10 nitrogen and oxygen atoms in total. The molecular weight excluding hydrogens is 477 g/mol. The van der Waals surface area contributed by atoms with Gasteiger partial charge in [0.25, 0.3) is 5.91 Å². The van der Waals surface area contributed by atoms with Gasteiger partial charge in [0, 0.05) is 32.6 Å².